The number of nitrogens with one attached hydrogen (secondary N) is 2. The maximum Gasteiger partial charge on any atom is 0.251 e. The van der Waals surface area contributed by atoms with Crippen LogP contribution in [0.4, 0.5) is 0 Å². The summed E-state index contributed by atoms with van der Waals surface area (Å²) in [4.78, 5) is 32.0. The Balaban J connectivity index is 0.00000308. The molecule has 4 aromatic rings. The number of hydrogen-bond donors (Lipinski definition) is 2. The maximum atomic E-state index is 13.2. The van der Waals surface area contributed by atoms with E-state index in [2.05, 4.69) is 40.9 Å². The van der Waals surface area contributed by atoms with Crippen LogP contribution in [0.5, 0.6) is 11.5 Å². The molecule has 0 saturated carbocycles. The monoisotopic (exact) mass is 744 g/mol. The summed E-state index contributed by atoms with van der Waals surface area (Å²) in [6.07, 6.45) is 10.5. The molecule has 1 aliphatic carbocycles. The van der Waals surface area contributed by atoms with Crippen LogP contribution in [0.1, 0.15) is 29.3 Å². The minimum atomic E-state index is -0.322. The first-order chi connectivity index (χ1) is 18.5. The van der Waals surface area contributed by atoms with Crippen molar-refractivity contribution in [1.29, 1.82) is 0 Å². The molecule has 9 heteroatoms. The average molecular weight is 745 g/mol. The summed E-state index contributed by atoms with van der Waals surface area (Å²) in [7, 11) is 0. The Labute approximate surface area is 250 Å². The van der Waals surface area contributed by atoms with Gasteiger partial charge in [-0.15, -0.1) is 0 Å². The van der Waals surface area contributed by atoms with E-state index in [0.29, 0.717) is 23.6 Å². The molecule has 8 nitrogen and oxygen atoms in total. The summed E-state index contributed by atoms with van der Waals surface area (Å²) >= 11 is 0. The minimum absolute atomic E-state index is 0. The number of ether oxygens (including phenoxy) is 1. The number of benzene rings is 2. The number of carbonyl (C=O) groups is 2. The zero-order valence-electron chi connectivity index (χ0n) is 21.5. The number of fused-ring (bicyclic) bond motifs is 2. The molecule has 196 valence electrons. The standard InChI is InChI=1S/C30H28N5O3.U/c1-30-14-24(18-32-16-21-12-23-17-31-10-11-34(23)20-21)35(27(30)15-30)28(36)19-33-29(37)22-6-5-9-26(13-22)38-25-7-3-2-4-8-25;/h2-13,15,17-18,20,24,32H,14,16,19H2,1H3,(H,33,37);/q-1;/t24-,30+;/m0./s1. The van der Waals surface area contributed by atoms with Crippen LogP contribution >= 0.6 is 0 Å². The van der Waals surface area contributed by atoms with Crippen LogP contribution in [0.15, 0.2) is 97.2 Å². The number of amides is 2. The van der Waals surface area contributed by atoms with Crippen LogP contribution < -0.4 is 15.4 Å². The largest absolute Gasteiger partial charge is 0.464 e. The first-order valence-electron chi connectivity index (χ1n) is 12.6. The van der Waals surface area contributed by atoms with Crippen LogP contribution in [0.25, 0.3) is 5.52 Å². The number of allylic oxidation sites excluding steroid dienone is 2. The Bertz CT molecular complexity index is 1500. The molecule has 1 saturated heterocycles. The molecule has 0 unspecified atom stereocenters. The van der Waals surface area contributed by atoms with Gasteiger partial charge in [0, 0.05) is 66.4 Å². The average Bonchev–Trinajstić information content (AvgIpc) is 3.26. The van der Waals surface area contributed by atoms with Gasteiger partial charge in [0.15, 0.2) is 0 Å². The number of nitrogens with zero attached hydrogens (tertiary/aromatic N) is 3. The minimum Gasteiger partial charge on any atom is -0.464 e. The molecule has 3 heterocycles. The topological polar surface area (TPSA) is 88.0 Å². The smallest absolute Gasteiger partial charge is 0.251 e. The van der Waals surface area contributed by atoms with Crippen LogP contribution in [-0.2, 0) is 11.3 Å². The Morgan fingerprint density at radius 3 is 2.77 bits per heavy atom. The number of hydrogen-bond acceptors (Lipinski definition) is 5. The summed E-state index contributed by atoms with van der Waals surface area (Å²) in [5.74, 6) is 0.791. The number of likely N-dealkylation sites (tertiary alicyclic amines) is 1. The van der Waals surface area contributed by atoms with Crippen molar-refractivity contribution in [2.75, 3.05) is 6.54 Å². The van der Waals surface area contributed by atoms with Gasteiger partial charge in [-0.05, 0) is 54.9 Å². The Hall–Kier alpha value is -3.38. The Morgan fingerprint density at radius 2 is 1.95 bits per heavy atom. The second-order valence-electron chi connectivity index (χ2n) is 9.91. The third kappa shape index (κ3) is 5.96. The molecule has 6 rings (SSSR count). The normalized spacial score (nSPS) is 19.2. The summed E-state index contributed by atoms with van der Waals surface area (Å²) < 4.78 is 7.86. The zero-order valence-corrected chi connectivity index (χ0v) is 25.7. The molecule has 0 spiro atoms. The van der Waals surface area contributed by atoms with E-state index in [1.54, 1.807) is 30.5 Å². The quantitative estimate of drug-likeness (QED) is 0.250. The summed E-state index contributed by atoms with van der Waals surface area (Å²) in [6.45, 7) is 4.69. The first kappa shape index (κ1) is 27.2. The van der Waals surface area contributed by atoms with Gasteiger partial charge >= 0.3 is 0 Å². The van der Waals surface area contributed by atoms with Gasteiger partial charge in [-0.1, -0.05) is 43.3 Å². The van der Waals surface area contributed by atoms with Gasteiger partial charge in [0.2, 0.25) is 5.91 Å². The molecular formula is C30H28N5O3U-. The van der Waals surface area contributed by atoms with Gasteiger partial charge in [-0.3, -0.25) is 14.6 Å². The predicted octanol–water partition coefficient (Wildman–Crippen LogP) is 4.31. The van der Waals surface area contributed by atoms with Crippen molar-refractivity contribution in [3.63, 3.8) is 0 Å². The molecule has 2 N–H and O–H groups in total. The van der Waals surface area contributed by atoms with E-state index in [1.807, 2.05) is 58.6 Å². The Morgan fingerprint density at radius 1 is 1.13 bits per heavy atom. The molecule has 39 heavy (non-hydrogen) atoms. The van der Waals surface area contributed by atoms with Crippen molar-refractivity contribution in [1.82, 2.24) is 24.9 Å². The number of carbonyl (C=O) groups excluding carboxylic acids is 2. The van der Waals surface area contributed by atoms with Crippen molar-refractivity contribution in [2.45, 2.75) is 25.9 Å². The molecule has 1 aliphatic heterocycles. The van der Waals surface area contributed by atoms with Gasteiger partial charge in [0.25, 0.3) is 5.91 Å². The zero-order chi connectivity index (χ0) is 26.1. The van der Waals surface area contributed by atoms with E-state index in [9.17, 15) is 9.59 Å². The van der Waals surface area contributed by atoms with Crippen LogP contribution in [-0.4, -0.2) is 38.7 Å². The molecular weight excluding hydrogens is 716 g/mol. The number of aromatic nitrogens is 2. The van der Waals surface area contributed by atoms with Crippen molar-refractivity contribution in [3.05, 3.63) is 115 Å². The molecule has 2 amide bonds. The van der Waals surface area contributed by atoms with Gasteiger partial charge in [0.1, 0.15) is 11.5 Å². The van der Waals surface area contributed by atoms with Crippen molar-refractivity contribution < 1.29 is 45.4 Å². The van der Waals surface area contributed by atoms with E-state index in [-0.39, 0.29) is 60.9 Å². The van der Waals surface area contributed by atoms with E-state index < -0.39 is 0 Å². The summed E-state index contributed by atoms with van der Waals surface area (Å²) in [5, 5.41) is 6.16. The van der Waals surface area contributed by atoms with Crippen LogP contribution in [0, 0.1) is 43.1 Å². The second kappa shape index (κ2) is 11.4. The van der Waals surface area contributed by atoms with Crippen molar-refractivity contribution in [3.8, 4) is 11.5 Å². The van der Waals surface area contributed by atoms with Gasteiger partial charge in [-0.25, -0.2) is 6.54 Å². The van der Waals surface area contributed by atoms with Crippen molar-refractivity contribution >= 4 is 17.3 Å². The van der Waals surface area contributed by atoms with Crippen molar-refractivity contribution in [2.24, 2.45) is 5.41 Å². The molecule has 0 bridgehead atoms. The van der Waals surface area contributed by atoms with Gasteiger partial charge in [-0.2, -0.15) is 0 Å². The van der Waals surface area contributed by atoms with Gasteiger partial charge < -0.3 is 24.7 Å². The SMILES string of the molecule is C[C@@]12C=C1N(C(=O)CNC(=O)c1cccc(Oc3ccccc3)c1)[C@H]([CH-]NCc1cc3cnccn3c1)C2.[U]. The number of para-hydroxylation sites is 1. The third-order valence-electron chi connectivity index (χ3n) is 7.00. The van der Waals surface area contributed by atoms with Gasteiger partial charge in [0.05, 0.1) is 18.3 Å². The fraction of sp³-hybridized carbons (Fsp3) is 0.200. The first-order valence-corrected chi connectivity index (χ1v) is 12.6. The van der Waals surface area contributed by atoms with Crippen LogP contribution in [0.3, 0.4) is 0 Å². The third-order valence-corrected chi connectivity index (χ3v) is 7.00. The fourth-order valence-corrected chi connectivity index (χ4v) is 5.03. The predicted molar refractivity (Wildman–Crippen MR) is 143 cm³/mol. The molecule has 2 atom stereocenters. The van der Waals surface area contributed by atoms with E-state index in [0.717, 1.165) is 23.2 Å². The fourth-order valence-electron chi connectivity index (χ4n) is 5.03. The maximum absolute atomic E-state index is 13.2. The van der Waals surface area contributed by atoms with E-state index >= 15 is 0 Å². The molecule has 1 fully saturated rings. The van der Waals surface area contributed by atoms with Crippen LogP contribution in [0.2, 0.25) is 0 Å². The summed E-state index contributed by atoms with van der Waals surface area (Å²) in [6, 6.07) is 18.3. The molecule has 2 aromatic carbocycles. The molecule has 0 radical (unpaired) electrons. The molecule has 2 aromatic heterocycles. The second-order valence-corrected chi connectivity index (χ2v) is 9.91. The molecule has 2 aliphatic rings. The van der Waals surface area contributed by atoms with E-state index in [1.165, 1.54) is 0 Å². The Kier molecular flexibility index (Phi) is 7.94. The number of rotatable bonds is 9. The van der Waals surface area contributed by atoms with E-state index in [4.69, 9.17) is 4.74 Å². The summed E-state index contributed by atoms with van der Waals surface area (Å²) in [5.41, 5.74) is 3.57.